The zero-order chi connectivity index (χ0) is 24.6. The minimum atomic E-state index is -1.29. The Morgan fingerprint density at radius 3 is 2.00 bits per heavy atom. The van der Waals surface area contributed by atoms with Crippen molar-refractivity contribution in [2.75, 3.05) is 5.32 Å². The van der Waals surface area contributed by atoms with E-state index in [-0.39, 0.29) is 0 Å². The van der Waals surface area contributed by atoms with E-state index in [9.17, 15) is 20.0 Å². The van der Waals surface area contributed by atoms with E-state index >= 15 is 0 Å². The van der Waals surface area contributed by atoms with Crippen molar-refractivity contribution in [2.24, 2.45) is 0 Å². The third kappa shape index (κ3) is 5.52. The molecule has 0 radical (unpaired) electrons. The summed E-state index contributed by atoms with van der Waals surface area (Å²) in [6.45, 7) is 0. The number of carboxylic acid groups (broad SMARTS) is 1. The van der Waals surface area contributed by atoms with Gasteiger partial charge >= 0.3 is 6.09 Å². The van der Waals surface area contributed by atoms with Crippen LogP contribution in [0.5, 0.6) is 0 Å². The second kappa shape index (κ2) is 10.8. The highest BCUT2D eigenvalue weighted by Crippen LogP contribution is 2.30. The average molecular weight is 463 g/mol. The maximum atomic E-state index is 13.4. The van der Waals surface area contributed by atoms with Crippen molar-refractivity contribution in [2.45, 2.75) is 12.0 Å². The van der Waals surface area contributed by atoms with Crippen molar-refractivity contribution in [3.63, 3.8) is 0 Å². The number of rotatable bonds is 7. The SMILES string of the molecule is N#Cc1cnccc1-c1ccc(NC(=O)[C@@H](NC(=O)O)C(c2ccccc2)c2ccccc2)cc1. The maximum absolute atomic E-state index is 13.4. The molecule has 4 rings (SSSR count). The standard InChI is InChI=1S/C28H22N4O3/c29-17-22-18-30-16-15-24(22)19-11-13-23(14-12-19)31-27(33)26(32-28(34)35)25(20-7-3-1-4-8-20)21-9-5-2-6-10-21/h1-16,18,25-26,32H,(H,31,33)(H,34,35)/t26-/m0/s1. The Kier molecular flexibility index (Phi) is 7.14. The molecule has 0 aliphatic heterocycles. The summed E-state index contributed by atoms with van der Waals surface area (Å²) in [5.74, 6) is -1.03. The molecule has 172 valence electrons. The van der Waals surface area contributed by atoms with E-state index in [0.717, 1.165) is 22.3 Å². The number of aromatic nitrogens is 1. The summed E-state index contributed by atoms with van der Waals surface area (Å²) >= 11 is 0. The number of carbonyl (C=O) groups is 2. The molecule has 2 amide bonds. The molecule has 0 unspecified atom stereocenters. The van der Waals surface area contributed by atoms with Gasteiger partial charge in [0.1, 0.15) is 12.1 Å². The second-order valence-electron chi connectivity index (χ2n) is 7.83. The molecule has 0 bridgehead atoms. The van der Waals surface area contributed by atoms with Crippen LogP contribution in [0.2, 0.25) is 0 Å². The van der Waals surface area contributed by atoms with Crippen LogP contribution < -0.4 is 10.6 Å². The van der Waals surface area contributed by atoms with Gasteiger partial charge in [0.05, 0.1) is 5.56 Å². The highest BCUT2D eigenvalue weighted by atomic mass is 16.4. The van der Waals surface area contributed by atoms with Gasteiger partial charge in [-0.05, 0) is 34.9 Å². The van der Waals surface area contributed by atoms with Crippen LogP contribution in [0.3, 0.4) is 0 Å². The molecular formula is C28H22N4O3. The summed E-state index contributed by atoms with van der Waals surface area (Å²) in [7, 11) is 0. The predicted molar refractivity (Wildman–Crippen MR) is 133 cm³/mol. The van der Waals surface area contributed by atoms with Crippen LogP contribution in [-0.2, 0) is 4.79 Å². The van der Waals surface area contributed by atoms with Gasteiger partial charge < -0.3 is 15.7 Å². The van der Waals surface area contributed by atoms with E-state index in [1.54, 1.807) is 36.5 Å². The van der Waals surface area contributed by atoms with Gasteiger partial charge in [-0.25, -0.2) is 4.79 Å². The lowest BCUT2D eigenvalue weighted by atomic mass is 9.84. The van der Waals surface area contributed by atoms with Crippen molar-refractivity contribution >= 4 is 17.7 Å². The van der Waals surface area contributed by atoms with Crippen molar-refractivity contribution < 1.29 is 14.7 Å². The number of nitrogens with one attached hydrogen (secondary N) is 2. The molecule has 1 atom stereocenters. The number of amides is 2. The number of hydrogen-bond acceptors (Lipinski definition) is 4. The van der Waals surface area contributed by atoms with Crippen molar-refractivity contribution in [1.29, 1.82) is 5.26 Å². The molecule has 35 heavy (non-hydrogen) atoms. The zero-order valence-corrected chi connectivity index (χ0v) is 18.6. The molecule has 4 aromatic rings. The van der Waals surface area contributed by atoms with Crippen LogP contribution in [0.15, 0.2) is 103 Å². The molecule has 0 saturated heterocycles. The van der Waals surface area contributed by atoms with Gasteiger partial charge in [0.25, 0.3) is 0 Å². The summed E-state index contributed by atoms with van der Waals surface area (Å²) in [4.78, 5) is 29.0. The topological polar surface area (TPSA) is 115 Å². The molecule has 7 nitrogen and oxygen atoms in total. The van der Waals surface area contributed by atoms with Gasteiger partial charge in [-0.2, -0.15) is 5.26 Å². The minimum Gasteiger partial charge on any atom is -0.465 e. The van der Waals surface area contributed by atoms with Gasteiger partial charge in [-0.15, -0.1) is 0 Å². The summed E-state index contributed by atoms with van der Waals surface area (Å²) in [6.07, 6.45) is 1.82. The van der Waals surface area contributed by atoms with Gasteiger partial charge in [-0.1, -0.05) is 72.8 Å². The third-order valence-electron chi connectivity index (χ3n) is 5.62. The summed E-state index contributed by atoms with van der Waals surface area (Å²) in [5, 5.41) is 24.1. The van der Waals surface area contributed by atoms with Crippen LogP contribution >= 0.6 is 0 Å². The first-order valence-electron chi connectivity index (χ1n) is 10.9. The summed E-state index contributed by atoms with van der Waals surface area (Å²) < 4.78 is 0. The predicted octanol–water partition coefficient (Wildman–Crippen LogP) is 5.03. The second-order valence-corrected chi connectivity index (χ2v) is 7.83. The lowest BCUT2D eigenvalue weighted by Gasteiger charge is -2.27. The smallest absolute Gasteiger partial charge is 0.405 e. The molecule has 1 heterocycles. The normalized spacial score (nSPS) is 11.3. The van der Waals surface area contributed by atoms with E-state index < -0.39 is 24.0 Å². The van der Waals surface area contributed by atoms with E-state index in [0.29, 0.717) is 11.3 Å². The van der Waals surface area contributed by atoms with E-state index in [2.05, 4.69) is 21.7 Å². The number of benzene rings is 3. The first kappa shape index (κ1) is 23.2. The highest BCUT2D eigenvalue weighted by molar-refractivity contribution is 5.97. The lowest BCUT2D eigenvalue weighted by Crippen LogP contribution is -2.47. The fourth-order valence-corrected chi connectivity index (χ4v) is 4.02. The Labute approximate surface area is 202 Å². The molecule has 0 aliphatic rings. The van der Waals surface area contributed by atoms with Gasteiger partial charge in [0, 0.05) is 29.6 Å². The van der Waals surface area contributed by atoms with E-state index in [1.807, 2.05) is 60.7 Å². The fourth-order valence-electron chi connectivity index (χ4n) is 4.02. The van der Waals surface area contributed by atoms with Crippen molar-refractivity contribution in [3.8, 4) is 17.2 Å². The van der Waals surface area contributed by atoms with Crippen LogP contribution in [0, 0.1) is 11.3 Å². The Bertz CT molecular complexity index is 1310. The molecule has 0 fully saturated rings. The van der Waals surface area contributed by atoms with Crippen molar-refractivity contribution in [3.05, 3.63) is 120 Å². The molecular weight excluding hydrogens is 440 g/mol. The van der Waals surface area contributed by atoms with Crippen molar-refractivity contribution in [1.82, 2.24) is 10.3 Å². The Morgan fingerprint density at radius 1 is 0.857 bits per heavy atom. The zero-order valence-electron chi connectivity index (χ0n) is 18.6. The summed E-state index contributed by atoms with van der Waals surface area (Å²) in [5.41, 5.74) is 4.11. The Balaban J connectivity index is 1.64. The molecule has 1 aromatic heterocycles. The van der Waals surface area contributed by atoms with E-state index in [4.69, 9.17) is 0 Å². The monoisotopic (exact) mass is 462 g/mol. The lowest BCUT2D eigenvalue weighted by molar-refractivity contribution is -0.118. The van der Waals surface area contributed by atoms with Gasteiger partial charge in [0.2, 0.25) is 5.91 Å². The Morgan fingerprint density at radius 2 is 1.46 bits per heavy atom. The minimum absolute atomic E-state index is 0.448. The number of pyridine rings is 1. The van der Waals surface area contributed by atoms with Gasteiger partial charge in [0.15, 0.2) is 0 Å². The molecule has 7 heteroatoms. The number of carbonyl (C=O) groups excluding carboxylic acids is 1. The van der Waals surface area contributed by atoms with Gasteiger partial charge in [-0.3, -0.25) is 9.78 Å². The first-order valence-corrected chi connectivity index (χ1v) is 10.9. The molecule has 3 N–H and O–H groups in total. The quantitative estimate of drug-likeness (QED) is 0.356. The van der Waals surface area contributed by atoms with Crippen LogP contribution in [0.1, 0.15) is 22.6 Å². The van der Waals surface area contributed by atoms with Crippen LogP contribution in [0.4, 0.5) is 10.5 Å². The Hall–Kier alpha value is -4.96. The number of nitrogens with zero attached hydrogens (tertiary/aromatic N) is 2. The van der Waals surface area contributed by atoms with E-state index in [1.165, 1.54) is 6.20 Å². The average Bonchev–Trinajstić information content (AvgIpc) is 2.90. The van der Waals surface area contributed by atoms with Crippen LogP contribution in [-0.4, -0.2) is 28.1 Å². The molecule has 0 saturated carbocycles. The fraction of sp³-hybridized carbons (Fsp3) is 0.0714. The first-order chi connectivity index (χ1) is 17.1. The number of anilines is 1. The third-order valence-corrected chi connectivity index (χ3v) is 5.62. The largest absolute Gasteiger partial charge is 0.465 e. The number of nitriles is 1. The summed E-state index contributed by atoms with van der Waals surface area (Å²) in [6, 6.07) is 28.5. The number of hydrogen-bond donors (Lipinski definition) is 3. The highest BCUT2D eigenvalue weighted by Gasteiger charge is 2.32. The molecule has 0 spiro atoms. The molecule has 3 aromatic carbocycles. The van der Waals surface area contributed by atoms with Crippen LogP contribution in [0.25, 0.3) is 11.1 Å². The maximum Gasteiger partial charge on any atom is 0.405 e. The molecule has 0 aliphatic carbocycles.